The van der Waals surface area contributed by atoms with Gasteiger partial charge in [-0.05, 0) is 51.4 Å². The topological polar surface area (TPSA) is 58.4 Å². The van der Waals surface area contributed by atoms with Gasteiger partial charge in [-0.15, -0.1) is 0 Å². The number of benzene rings is 1. The van der Waals surface area contributed by atoms with E-state index >= 15 is 0 Å². The highest BCUT2D eigenvalue weighted by Gasteiger charge is 2.18. The van der Waals surface area contributed by atoms with E-state index in [1.165, 1.54) is 19.3 Å². The summed E-state index contributed by atoms with van der Waals surface area (Å²) in [6.45, 7) is 7.17. The minimum Gasteiger partial charge on any atom is -0.376 e. The number of nitro benzene ring substituents is 1. The normalized spacial score (nSPS) is 17.7. The smallest absolute Gasteiger partial charge is 0.292 e. The van der Waals surface area contributed by atoms with Crippen molar-refractivity contribution in [3.8, 4) is 0 Å². The first-order valence-electron chi connectivity index (χ1n) is 7.30. The minimum absolute atomic E-state index is 0.162. The van der Waals surface area contributed by atoms with E-state index in [4.69, 9.17) is 0 Å². The lowest BCUT2D eigenvalue weighted by Crippen LogP contribution is -2.38. The van der Waals surface area contributed by atoms with E-state index in [0.29, 0.717) is 5.69 Å². The summed E-state index contributed by atoms with van der Waals surface area (Å²) >= 11 is 0. The number of nitro groups is 1. The first kappa shape index (κ1) is 14.8. The Morgan fingerprint density at radius 2 is 2.05 bits per heavy atom. The average molecular weight is 277 g/mol. The summed E-state index contributed by atoms with van der Waals surface area (Å²) in [6.07, 6.45) is 3.84. The monoisotopic (exact) mass is 277 g/mol. The highest BCUT2D eigenvalue weighted by Crippen LogP contribution is 2.26. The molecule has 0 spiro atoms. The second-order valence-electron chi connectivity index (χ2n) is 5.68. The van der Waals surface area contributed by atoms with Crippen LogP contribution in [-0.4, -0.2) is 35.5 Å². The van der Waals surface area contributed by atoms with Crippen LogP contribution in [0.25, 0.3) is 0 Å². The molecule has 1 aromatic carbocycles. The summed E-state index contributed by atoms with van der Waals surface area (Å²) in [4.78, 5) is 13.2. The fourth-order valence-electron chi connectivity index (χ4n) is 2.76. The van der Waals surface area contributed by atoms with E-state index in [2.05, 4.69) is 17.1 Å². The summed E-state index contributed by atoms with van der Waals surface area (Å²) in [5.41, 5.74) is 1.69. The van der Waals surface area contributed by atoms with E-state index in [9.17, 15) is 10.1 Å². The van der Waals surface area contributed by atoms with Crippen LogP contribution in [0.5, 0.6) is 0 Å². The number of aryl methyl sites for hydroxylation is 1. The van der Waals surface area contributed by atoms with Crippen LogP contribution in [0.1, 0.15) is 31.7 Å². The van der Waals surface area contributed by atoms with E-state index in [1.807, 2.05) is 13.0 Å². The molecule has 1 aliphatic rings. The molecule has 1 heterocycles. The number of nitrogens with one attached hydrogen (secondary N) is 1. The molecule has 5 nitrogen and oxygen atoms in total. The summed E-state index contributed by atoms with van der Waals surface area (Å²) in [6, 6.07) is 5.54. The fraction of sp³-hybridized carbons (Fsp3) is 0.600. The molecule has 0 radical (unpaired) electrons. The number of anilines is 1. The van der Waals surface area contributed by atoms with Gasteiger partial charge >= 0.3 is 0 Å². The highest BCUT2D eigenvalue weighted by molar-refractivity contribution is 5.62. The van der Waals surface area contributed by atoms with Gasteiger partial charge in [0.15, 0.2) is 0 Å². The maximum atomic E-state index is 11.1. The molecule has 1 unspecified atom stereocenters. The van der Waals surface area contributed by atoms with Crippen molar-refractivity contribution in [2.45, 2.75) is 39.2 Å². The number of nitrogens with zero attached hydrogens (tertiary/aromatic N) is 2. The minimum atomic E-state index is -0.317. The molecule has 0 aromatic heterocycles. The van der Waals surface area contributed by atoms with Crippen LogP contribution in [0.4, 0.5) is 11.4 Å². The van der Waals surface area contributed by atoms with Gasteiger partial charge in [-0.3, -0.25) is 10.1 Å². The van der Waals surface area contributed by atoms with Crippen LogP contribution in [0, 0.1) is 17.0 Å². The lowest BCUT2D eigenvalue weighted by Gasteiger charge is -2.29. The summed E-state index contributed by atoms with van der Waals surface area (Å²) in [7, 11) is 0. The van der Waals surface area contributed by atoms with Crippen molar-refractivity contribution in [1.82, 2.24) is 4.90 Å². The molecule has 0 saturated carbocycles. The molecule has 1 aromatic rings. The van der Waals surface area contributed by atoms with E-state index in [-0.39, 0.29) is 16.7 Å². The first-order chi connectivity index (χ1) is 9.56. The highest BCUT2D eigenvalue weighted by atomic mass is 16.6. The van der Waals surface area contributed by atoms with Gasteiger partial charge in [0, 0.05) is 18.7 Å². The second kappa shape index (κ2) is 6.70. The van der Waals surface area contributed by atoms with Crippen LogP contribution in [-0.2, 0) is 0 Å². The summed E-state index contributed by atoms with van der Waals surface area (Å²) in [5, 5.41) is 14.4. The van der Waals surface area contributed by atoms with E-state index < -0.39 is 0 Å². The van der Waals surface area contributed by atoms with Gasteiger partial charge in [0.1, 0.15) is 5.69 Å². The Labute approximate surface area is 120 Å². The van der Waals surface area contributed by atoms with E-state index in [0.717, 1.165) is 25.2 Å². The predicted molar refractivity (Wildman–Crippen MR) is 81.2 cm³/mol. The molecular weight excluding hydrogens is 254 g/mol. The largest absolute Gasteiger partial charge is 0.376 e. The van der Waals surface area contributed by atoms with Crippen molar-refractivity contribution in [1.29, 1.82) is 0 Å². The molecule has 5 heteroatoms. The van der Waals surface area contributed by atoms with Crippen LogP contribution in [0.2, 0.25) is 0 Å². The molecule has 1 saturated heterocycles. The maximum absolute atomic E-state index is 11.1. The van der Waals surface area contributed by atoms with Crippen molar-refractivity contribution < 1.29 is 4.92 Å². The van der Waals surface area contributed by atoms with Gasteiger partial charge in [0.05, 0.1) is 4.92 Å². The number of hydrogen-bond acceptors (Lipinski definition) is 4. The van der Waals surface area contributed by atoms with Gasteiger partial charge in [-0.25, -0.2) is 0 Å². The Morgan fingerprint density at radius 3 is 2.70 bits per heavy atom. The molecule has 1 N–H and O–H groups in total. The zero-order valence-electron chi connectivity index (χ0n) is 12.3. The molecule has 2 rings (SSSR count). The third-order valence-electron chi connectivity index (χ3n) is 3.73. The first-order valence-corrected chi connectivity index (χ1v) is 7.30. The van der Waals surface area contributed by atoms with Gasteiger partial charge in [0.2, 0.25) is 0 Å². The standard InChI is InChI=1S/C15H23N3O2/c1-12-6-7-14(15(10-12)18(19)20)16-13(2)11-17-8-4-3-5-9-17/h6-7,10,13,16H,3-5,8-9,11H2,1-2H3. The Bertz CT molecular complexity index is 470. The molecule has 1 aliphatic heterocycles. The predicted octanol–water partition coefficient (Wildman–Crippen LogP) is 3.19. The average Bonchev–Trinajstić information content (AvgIpc) is 2.41. The number of piperidine rings is 1. The zero-order chi connectivity index (χ0) is 14.5. The Hall–Kier alpha value is -1.62. The van der Waals surface area contributed by atoms with Crippen molar-refractivity contribution in [3.63, 3.8) is 0 Å². The Balaban J connectivity index is 1.99. The van der Waals surface area contributed by atoms with Gasteiger partial charge < -0.3 is 10.2 Å². The van der Waals surface area contributed by atoms with E-state index in [1.54, 1.807) is 12.1 Å². The summed E-state index contributed by atoms with van der Waals surface area (Å²) in [5.74, 6) is 0. The molecular formula is C15H23N3O2. The molecule has 0 bridgehead atoms. The third kappa shape index (κ3) is 3.93. The maximum Gasteiger partial charge on any atom is 0.292 e. The van der Waals surface area contributed by atoms with Crippen molar-refractivity contribution in [3.05, 3.63) is 33.9 Å². The lowest BCUT2D eigenvalue weighted by molar-refractivity contribution is -0.384. The molecule has 0 amide bonds. The van der Waals surface area contributed by atoms with Crippen LogP contribution in [0.3, 0.4) is 0 Å². The Morgan fingerprint density at radius 1 is 1.35 bits per heavy atom. The van der Waals surface area contributed by atoms with Gasteiger partial charge in [-0.2, -0.15) is 0 Å². The van der Waals surface area contributed by atoms with Crippen molar-refractivity contribution in [2.75, 3.05) is 25.0 Å². The molecule has 1 fully saturated rings. The number of hydrogen-bond donors (Lipinski definition) is 1. The number of likely N-dealkylation sites (tertiary alicyclic amines) is 1. The second-order valence-corrected chi connectivity index (χ2v) is 5.68. The SMILES string of the molecule is Cc1ccc(NC(C)CN2CCCCC2)c([N+](=O)[O-])c1. The number of rotatable bonds is 5. The molecule has 0 aliphatic carbocycles. The van der Waals surface area contributed by atoms with Crippen LogP contribution < -0.4 is 5.32 Å². The van der Waals surface area contributed by atoms with Crippen LogP contribution in [0.15, 0.2) is 18.2 Å². The fourth-order valence-corrected chi connectivity index (χ4v) is 2.76. The molecule has 110 valence electrons. The summed E-state index contributed by atoms with van der Waals surface area (Å²) < 4.78 is 0. The Kier molecular flexibility index (Phi) is 4.95. The lowest BCUT2D eigenvalue weighted by atomic mass is 10.1. The third-order valence-corrected chi connectivity index (χ3v) is 3.73. The van der Waals surface area contributed by atoms with Crippen molar-refractivity contribution in [2.24, 2.45) is 0 Å². The van der Waals surface area contributed by atoms with Crippen molar-refractivity contribution >= 4 is 11.4 Å². The van der Waals surface area contributed by atoms with Crippen LogP contribution >= 0.6 is 0 Å². The zero-order valence-corrected chi connectivity index (χ0v) is 12.3. The molecule has 20 heavy (non-hydrogen) atoms. The molecule has 1 atom stereocenters. The quantitative estimate of drug-likeness (QED) is 0.663. The van der Waals surface area contributed by atoms with Gasteiger partial charge in [0.25, 0.3) is 5.69 Å². The van der Waals surface area contributed by atoms with Gasteiger partial charge in [-0.1, -0.05) is 12.5 Å².